The van der Waals surface area contributed by atoms with Crippen molar-refractivity contribution < 1.29 is 43.7 Å². The Morgan fingerprint density at radius 1 is 0.865 bits per heavy atom. The molecular weight excluding hydrogens is 662 g/mol. The highest BCUT2D eigenvalue weighted by Crippen LogP contribution is 2.64. The van der Waals surface area contributed by atoms with Gasteiger partial charge in [0.15, 0.2) is 23.1 Å². The summed E-state index contributed by atoms with van der Waals surface area (Å²) in [5.74, 6) is -5.48. The first kappa shape index (κ1) is 34.9. The molecule has 0 spiro atoms. The topological polar surface area (TPSA) is 148 Å². The summed E-state index contributed by atoms with van der Waals surface area (Å²) >= 11 is 0. The van der Waals surface area contributed by atoms with Crippen LogP contribution in [0.25, 0.3) is 5.57 Å². The molecule has 3 aromatic rings. The standard InChI is InChI=1S/C42H41NO9/c1-51-32-20-25(21-33(52-2)39(32)48)37-27-17-18-28-36(41(50)43(40(28)49)19-11-5-10-16-35(45)46)30(27)22-31-38(47)29(24-12-6-3-7-13-24)23-34(44)42(31,37)26-14-8-4-9-15-26/h3-4,6-9,12-15,17,20-21,23,28,30-31,36-37,48H,5,10-11,16,18-19,22H2,1-2H3,(H,45,46). The summed E-state index contributed by atoms with van der Waals surface area (Å²) < 4.78 is 11.2. The first-order chi connectivity index (χ1) is 25.1. The number of likely N-dealkylation sites (tertiary alicyclic amines) is 1. The van der Waals surface area contributed by atoms with Crippen molar-refractivity contribution in [3.63, 3.8) is 0 Å². The van der Waals surface area contributed by atoms with Crippen LogP contribution in [0.2, 0.25) is 0 Å². The molecule has 0 aromatic heterocycles. The van der Waals surface area contributed by atoms with Gasteiger partial charge >= 0.3 is 5.97 Å². The van der Waals surface area contributed by atoms with Gasteiger partial charge in [0, 0.05) is 30.4 Å². The number of nitrogens with zero attached hydrogens (tertiary/aromatic N) is 1. The molecule has 2 fully saturated rings. The number of aromatic hydroxyl groups is 1. The van der Waals surface area contributed by atoms with Gasteiger partial charge in [0.05, 0.1) is 31.5 Å². The van der Waals surface area contributed by atoms with Gasteiger partial charge in [-0.1, -0.05) is 78.7 Å². The maximum Gasteiger partial charge on any atom is 0.303 e. The fraction of sp³-hybridized carbons (Fsp3) is 0.357. The zero-order chi connectivity index (χ0) is 36.7. The summed E-state index contributed by atoms with van der Waals surface area (Å²) in [5, 5.41) is 20.0. The van der Waals surface area contributed by atoms with E-state index in [9.17, 15) is 19.5 Å². The highest BCUT2D eigenvalue weighted by molar-refractivity contribution is 6.31. The highest BCUT2D eigenvalue weighted by atomic mass is 16.5. The molecule has 0 bridgehead atoms. The van der Waals surface area contributed by atoms with E-state index < -0.39 is 41.0 Å². The number of imide groups is 1. The molecule has 1 saturated heterocycles. The second-order valence-corrected chi connectivity index (χ2v) is 14.1. The van der Waals surface area contributed by atoms with Crippen molar-refractivity contribution in [3.8, 4) is 17.2 Å². The lowest BCUT2D eigenvalue weighted by molar-refractivity contribution is -0.141. The molecule has 4 aliphatic rings. The molecule has 6 atom stereocenters. The average molecular weight is 704 g/mol. The Bertz CT molecular complexity index is 1980. The third-order valence-electron chi connectivity index (χ3n) is 11.6. The zero-order valence-electron chi connectivity index (χ0n) is 29.1. The Morgan fingerprint density at radius 2 is 1.52 bits per heavy atom. The molecule has 1 heterocycles. The number of unbranched alkanes of at least 4 members (excludes halogenated alkanes) is 2. The summed E-state index contributed by atoms with van der Waals surface area (Å²) in [7, 11) is 2.84. The van der Waals surface area contributed by atoms with Crippen LogP contribution in [0.4, 0.5) is 0 Å². The number of fused-ring (bicyclic) bond motifs is 4. The number of carbonyl (C=O) groups is 5. The fourth-order valence-corrected chi connectivity index (χ4v) is 9.34. The predicted octanol–water partition coefficient (Wildman–Crippen LogP) is 5.88. The minimum absolute atomic E-state index is 0.0213. The highest BCUT2D eigenvalue weighted by Gasteiger charge is 2.66. The van der Waals surface area contributed by atoms with Crippen LogP contribution in [0.15, 0.2) is 90.5 Å². The molecule has 3 aromatic carbocycles. The number of carbonyl (C=O) groups excluding carboxylic acids is 4. The summed E-state index contributed by atoms with van der Waals surface area (Å²) in [4.78, 5) is 70.8. The van der Waals surface area contributed by atoms with Crippen molar-refractivity contribution in [1.82, 2.24) is 4.90 Å². The number of methoxy groups -OCH3 is 2. The maximum atomic E-state index is 15.2. The number of phenols is 1. The second kappa shape index (κ2) is 13.9. The van der Waals surface area contributed by atoms with E-state index in [0.29, 0.717) is 41.5 Å². The van der Waals surface area contributed by atoms with Gasteiger partial charge in [-0.3, -0.25) is 28.9 Å². The van der Waals surface area contributed by atoms with Gasteiger partial charge in [-0.2, -0.15) is 0 Å². The summed E-state index contributed by atoms with van der Waals surface area (Å²) in [6.07, 6.45) is 5.42. The largest absolute Gasteiger partial charge is 0.502 e. The van der Waals surface area contributed by atoms with E-state index in [1.54, 1.807) is 24.3 Å². The van der Waals surface area contributed by atoms with E-state index >= 15 is 9.59 Å². The Hall–Kier alpha value is -5.51. The lowest BCUT2D eigenvalue weighted by Gasteiger charge is -2.55. The second-order valence-electron chi connectivity index (χ2n) is 14.1. The minimum Gasteiger partial charge on any atom is -0.502 e. The van der Waals surface area contributed by atoms with E-state index in [0.717, 1.165) is 5.57 Å². The number of aliphatic carboxylic acids is 1. The van der Waals surface area contributed by atoms with E-state index in [2.05, 4.69) is 0 Å². The molecule has 7 rings (SSSR count). The van der Waals surface area contributed by atoms with Crippen LogP contribution in [0, 0.1) is 23.7 Å². The summed E-state index contributed by atoms with van der Waals surface area (Å²) in [5.41, 5.74) is 1.50. The number of ether oxygens (including phenoxy) is 2. The molecule has 0 radical (unpaired) electrons. The van der Waals surface area contributed by atoms with Crippen molar-refractivity contribution in [2.75, 3.05) is 20.8 Å². The van der Waals surface area contributed by atoms with Crippen LogP contribution in [0.3, 0.4) is 0 Å². The number of ketones is 2. The van der Waals surface area contributed by atoms with Crippen LogP contribution in [0.1, 0.15) is 61.1 Å². The number of amides is 2. The smallest absolute Gasteiger partial charge is 0.303 e. The number of Topliss-reactive ketones (excluding diaryl/α,β-unsaturated/α-hetero) is 1. The van der Waals surface area contributed by atoms with Gasteiger partial charge in [-0.25, -0.2) is 0 Å². The molecule has 268 valence electrons. The van der Waals surface area contributed by atoms with E-state index in [1.807, 2.05) is 54.6 Å². The van der Waals surface area contributed by atoms with Gasteiger partial charge < -0.3 is 19.7 Å². The molecule has 2 N–H and O–H groups in total. The molecular formula is C42H41NO9. The van der Waals surface area contributed by atoms with E-state index in [-0.39, 0.29) is 66.4 Å². The minimum atomic E-state index is -1.44. The number of hydrogen-bond donors (Lipinski definition) is 2. The van der Waals surface area contributed by atoms with Crippen molar-refractivity contribution in [2.45, 2.75) is 49.9 Å². The maximum absolute atomic E-state index is 15.2. The Kier molecular flexibility index (Phi) is 9.33. The van der Waals surface area contributed by atoms with Gasteiger partial charge in [0.25, 0.3) is 0 Å². The van der Waals surface area contributed by atoms with Crippen LogP contribution < -0.4 is 9.47 Å². The van der Waals surface area contributed by atoms with Crippen molar-refractivity contribution in [2.24, 2.45) is 23.7 Å². The molecule has 6 unspecified atom stereocenters. The van der Waals surface area contributed by atoms with Crippen LogP contribution in [-0.2, 0) is 29.4 Å². The quantitative estimate of drug-likeness (QED) is 0.142. The number of carboxylic acid groups (broad SMARTS) is 1. The SMILES string of the molecule is COc1cc(C2C3=CCC4C(=O)N(CCCCCC(=O)O)C(=O)C4C3CC3C(=O)C(c4ccccc4)=CC(=O)C32c2ccccc2)cc(OC)c1O. The van der Waals surface area contributed by atoms with Gasteiger partial charge in [0.2, 0.25) is 17.6 Å². The molecule has 52 heavy (non-hydrogen) atoms. The first-order valence-corrected chi connectivity index (χ1v) is 17.8. The normalized spacial score (nSPS) is 26.6. The third kappa shape index (κ3) is 5.52. The van der Waals surface area contributed by atoms with E-state index in [4.69, 9.17) is 14.6 Å². The first-order valence-electron chi connectivity index (χ1n) is 17.8. The van der Waals surface area contributed by atoms with Crippen molar-refractivity contribution >= 4 is 34.9 Å². The Morgan fingerprint density at radius 3 is 2.15 bits per heavy atom. The van der Waals surface area contributed by atoms with Crippen molar-refractivity contribution in [3.05, 3.63) is 107 Å². The van der Waals surface area contributed by atoms with Gasteiger partial charge in [0.1, 0.15) is 0 Å². The van der Waals surface area contributed by atoms with Gasteiger partial charge in [-0.15, -0.1) is 0 Å². The molecule has 1 aliphatic heterocycles. The third-order valence-corrected chi connectivity index (χ3v) is 11.6. The molecule has 10 nitrogen and oxygen atoms in total. The number of hydrogen-bond acceptors (Lipinski definition) is 8. The van der Waals surface area contributed by atoms with Crippen LogP contribution in [-0.4, -0.2) is 65.2 Å². The molecule has 3 aliphatic carbocycles. The molecule has 10 heteroatoms. The summed E-state index contributed by atoms with van der Waals surface area (Å²) in [6, 6.07) is 21.7. The average Bonchev–Trinajstić information content (AvgIpc) is 3.40. The fourth-order valence-electron chi connectivity index (χ4n) is 9.34. The van der Waals surface area contributed by atoms with E-state index in [1.165, 1.54) is 25.2 Å². The number of rotatable bonds is 11. The molecule has 1 saturated carbocycles. The number of allylic oxidation sites excluding steroid dienone is 4. The lowest BCUT2D eigenvalue weighted by atomic mass is 9.44. The van der Waals surface area contributed by atoms with Crippen LogP contribution >= 0.6 is 0 Å². The molecule has 2 amide bonds. The van der Waals surface area contributed by atoms with Crippen molar-refractivity contribution in [1.29, 1.82) is 0 Å². The van der Waals surface area contributed by atoms with Gasteiger partial charge in [-0.05, 0) is 66.5 Å². The zero-order valence-corrected chi connectivity index (χ0v) is 29.1. The predicted molar refractivity (Wildman–Crippen MR) is 191 cm³/mol. The number of phenolic OH excluding ortho intramolecular Hbond substituents is 1. The monoisotopic (exact) mass is 703 g/mol. The van der Waals surface area contributed by atoms with Crippen LogP contribution in [0.5, 0.6) is 17.2 Å². The Balaban J connectivity index is 1.41. The number of carboxylic acids is 1. The Labute approximate surface area is 301 Å². The number of benzene rings is 3. The lowest BCUT2D eigenvalue weighted by Crippen LogP contribution is -2.58. The summed E-state index contributed by atoms with van der Waals surface area (Å²) in [6.45, 7) is 0.192.